The van der Waals surface area contributed by atoms with Crippen LogP contribution >= 0.6 is 0 Å². The van der Waals surface area contributed by atoms with Crippen molar-refractivity contribution in [3.63, 3.8) is 0 Å². The first-order valence-corrected chi connectivity index (χ1v) is 9.81. The van der Waals surface area contributed by atoms with E-state index in [-0.39, 0.29) is 30.1 Å². The summed E-state index contributed by atoms with van der Waals surface area (Å²) in [5, 5.41) is 5.44. The molecule has 7 nitrogen and oxygen atoms in total. The zero-order valence-corrected chi connectivity index (χ0v) is 16.9. The number of benzene rings is 2. The summed E-state index contributed by atoms with van der Waals surface area (Å²) < 4.78 is 12.9. The maximum atomic E-state index is 12.9. The topological polar surface area (TPSA) is 81.8 Å². The molecule has 1 fully saturated rings. The van der Waals surface area contributed by atoms with Crippen molar-refractivity contribution in [2.75, 3.05) is 43.4 Å². The van der Waals surface area contributed by atoms with E-state index < -0.39 is 0 Å². The molecule has 2 aromatic rings. The summed E-state index contributed by atoms with van der Waals surface area (Å²) >= 11 is 0. The second-order valence-corrected chi connectivity index (χ2v) is 7.27. The van der Waals surface area contributed by atoms with Gasteiger partial charge in [0.15, 0.2) is 0 Å². The molecule has 3 rings (SSSR count). The highest BCUT2D eigenvalue weighted by Crippen LogP contribution is 2.12. The number of piperazine rings is 1. The number of anilines is 2. The van der Waals surface area contributed by atoms with Gasteiger partial charge in [0.2, 0.25) is 17.7 Å². The number of hydrogen-bond acceptors (Lipinski definition) is 4. The fourth-order valence-corrected chi connectivity index (χ4v) is 3.29. The van der Waals surface area contributed by atoms with Crippen LogP contribution in [0.1, 0.15) is 12.5 Å². The largest absolute Gasteiger partial charge is 0.340 e. The van der Waals surface area contributed by atoms with Crippen molar-refractivity contribution >= 4 is 29.1 Å². The van der Waals surface area contributed by atoms with Gasteiger partial charge in [-0.2, -0.15) is 0 Å². The highest BCUT2D eigenvalue weighted by molar-refractivity contribution is 5.92. The first-order chi connectivity index (χ1) is 14.4. The Labute approximate surface area is 174 Å². The van der Waals surface area contributed by atoms with Gasteiger partial charge in [-0.15, -0.1) is 0 Å². The van der Waals surface area contributed by atoms with Crippen LogP contribution in [-0.2, 0) is 20.8 Å². The molecule has 0 aliphatic carbocycles. The Kier molecular flexibility index (Phi) is 7.13. The van der Waals surface area contributed by atoms with Crippen molar-refractivity contribution in [1.29, 1.82) is 0 Å². The molecule has 1 heterocycles. The quantitative estimate of drug-likeness (QED) is 0.762. The average molecular weight is 412 g/mol. The number of halogens is 1. The Balaban J connectivity index is 1.42. The molecule has 0 aromatic heterocycles. The molecule has 0 atom stereocenters. The molecule has 0 unspecified atom stereocenters. The molecular formula is C22H25FN4O3. The van der Waals surface area contributed by atoms with Crippen molar-refractivity contribution in [1.82, 2.24) is 9.80 Å². The van der Waals surface area contributed by atoms with Gasteiger partial charge in [-0.3, -0.25) is 19.3 Å². The van der Waals surface area contributed by atoms with Crippen molar-refractivity contribution < 1.29 is 18.8 Å². The van der Waals surface area contributed by atoms with Crippen molar-refractivity contribution in [3.05, 3.63) is 59.9 Å². The van der Waals surface area contributed by atoms with E-state index in [0.29, 0.717) is 44.0 Å². The molecule has 1 saturated heterocycles. The SMILES string of the molecule is CC(=O)Nc1ccc(CC(=O)N2CCN(CC(=O)Nc3ccc(F)cc3)CC2)cc1. The predicted octanol–water partition coefficient (Wildman–Crippen LogP) is 2.11. The lowest BCUT2D eigenvalue weighted by molar-refractivity contribution is -0.132. The van der Waals surface area contributed by atoms with Crippen LogP contribution in [0.15, 0.2) is 48.5 Å². The predicted molar refractivity (Wildman–Crippen MR) is 112 cm³/mol. The number of carbonyl (C=O) groups is 3. The molecule has 30 heavy (non-hydrogen) atoms. The van der Waals surface area contributed by atoms with Crippen molar-refractivity contribution in [2.24, 2.45) is 0 Å². The second-order valence-electron chi connectivity index (χ2n) is 7.27. The zero-order valence-electron chi connectivity index (χ0n) is 16.9. The van der Waals surface area contributed by atoms with Crippen LogP contribution in [0, 0.1) is 5.82 Å². The molecule has 1 aliphatic heterocycles. The van der Waals surface area contributed by atoms with E-state index in [4.69, 9.17) is 0 Å². The van der Waals surface area contributed by atoms with E-state index in [0.717, 1.165) is 5.56 Å². The van der Waals surface area contributed by atoms with Gasteiger partial charge in [-0.05, 0) is 42.0 Å². The first kappa shape index (κ1) is 21.4. The van der Waals surface area contributed by atoms with Crippen LogP contribution < -0.4 is 10.6 Å². The van der Waals surface area contributed by atoms with Gasteiger partial charge in [-0.25, -0.2) is 4.39 Å². The van der Waals surface area contributed by atoms with Gasteiger partial charge in [0.25, 0.3) is 0 Å². The molecule has 3 amide bonds. The standard InChI is InChI=1S/C22H25FN4O3/c1-16(28)24-19-6-2-17(3-7-19)14-22(30)27-12-10-26(11-13-27)15-21(29)25-20-8-4-18(23)5-9-20/h2-9H,10-15H2,1H3,(H,24,28)(H,25,29). The lowest BCUT2D eigenvalue weighted by atomic mass is 10.1. The second kappa shape index (κ2) is 9.98. The molecule has 2 N–H and O–H groups in total. The third-order valence-electron chi connectivity index (χ3n) is 4.85. The molecule has 2 aromatic carbocycles. The number of nitrogens with one attached hydrogen (secondary N) is 2. The first-order valence-electron chi connectivity index (χ1n) is 9.81. The number of hydrogen-bond donors (Lipinski definition) is 2. The highest BCUT2D eigenvalue weighted by atomic mass is 19.1. The van der Waals surface area contributed by atoms with Gasteiger partial charge in [0.05, 0.1) is 13.0 Å². The van der Waals surface area contributed by atoms with Gasteiger partial charge in [-0.1, -0.05) is 12.1 Å². The van der Waals surface area contributed by atoms with E-state index >= 15 is 0 Å². The van der Waals surface area contributed by atoms with Crippen molar-refractivity contribution in [2.45, 2.75) is 13.3 Å². The molecule has 0 spiro atoms. The molecule has 1 aliphatic rings. The van der Waals surface area contributed by atoms with Gasteiger partial charge < -0.3 is 15.5 Å². The van der Waals surface area contributed by atoms with Crippen LogP contribution in [0.4, 0.5) is 15.8 Å². The Morgan fingerprint density at radius 3 is 2.03 bits per heavy atom. The molecule has 8 heteroatoms. The summed E-state index contributed by atoms with van der Waals surface area (Å²) in [5.41, 5.74) is 2.14. The van der Waals surface area contributed by atoms with Crippen LogP contribution in [0.25, 0.3) is 0 Å². The van der Waals surface area contributed by atoms with Gasteiger partial charge in [0, 0.05) is 44.5 Å². The van der Waals surface area contributed by atoms with Gasteiger partial charge >= 0.3 is 0 Å². The zero-order chi connectivity index (χ0) is 21.5. The fraction of sp³-hybridized carbons (Fsp3) is 0.318. The van der Waals surface area contributed by atoms with Crippen LogP contribution in [0.2, 0.25) is 0 Å². The van der Waals surface area contributed by atoms with Gasteiger partial charge in [0.1, 0.15) is 5.82 Å². The number of amides is 3. The van der Waals surface area contributed by atoms with Crippen LogP contribution in [0.3, 0.4) is 0 Å². The maximum absolute atomic E-state index is 12.9. The average Bonchev–Trinajstić information content (AvgIpc) is 2.71. The summed E-state index contributed by atoms with van der Waals surface area (Å²) in [6, 6.07) is 12.9. The summed E-state index contributed by atoms with van der Waals surface area (Å²) in [6.07, 6.45) is 0.297. The minimum atomic E-state index is -0.350. The Bertz CT molecular complexity index is 892. The monoisotopic (exact) mass is 412 g/mol. The molecule has 0 bridgehead atoms. The number of rotatable bonds is 6. The Morgan fingerprint density at radius 2 is 1.43 bits per heavy atom. The number of carbonyl (C=O) groups excluding carboxylic acids is 3. The molecule has 158 valence electrons. The minimum absolute atomic E-state index is 0.0395. The fourth-order valence-electron chi connectivity index (χ4n) is 3.29. The summed E-state index contributed by atoms with van der Waals surface area (Å²) in [4.78, 5) is 39.6. The molecule has 0 saturated carbocycles. The lowest BCUT2D eigenvalue weighted by Crippen LogP contribution is -2.50. The van der Waals surface area contributed by atoms with E-state index in [9.17, 15) is 18.8 Å². The van der Waals surface area contributed by atoms with E-state index in [1.165, 1.54) is 31.2 Å². The number of nitrogens with zero attached hydrogens (tertiary/aromatic N) is 2. The van der Waals surface area contributed by atoms with Crippen LogP contribution in [0.5, 0.6) is 0 Å². The van der Waals surface area contributed by atoms with E-state index in [1.807, 2.05) is 17.0 Å². The lowest BCUT2D eigenvalue weighted by Gasteiger charge is -2.34. The molecule has 0 radical (unpaired) electrons. The summed E-state index contributed by atoms with van der Waals surface area (Å²) in [7, 11) is 0. The van der Waals surface area contributed by atoms with Crippen LogP contribution in [-0.4, -0.2) is 60.2 Å². The Hall–Kier alpha value is -3.26. The third-order valence-corrected chi connectivity index (χ3v) is 4.85. The minimum Gasteiger partial charge on any atom is -0.340 e. The molecular weight excluding hydrogens is 387 g/mol. The van der Waals surface area contributed by atoms with E-state index in [2.05, 4.69) is 10.6 Å². The maximum Gasteiger partial charge on any atom is 0.238 e. The smallest absolute Gasteiger partial charge is 0.238 e. The van der Waals surface area contributed by atoms with E-state index in [1.54, 1.807) is 17.0 Å². The Morgan fingerprint density at radius 1 is 0.867 bits per heavy atom. The summed E-state index contributed by atoms with van der Waals surface area (Å²) in [5.74, 6) is -0.612. The van der Waals surface area contributed by atoms with Crippen molar-refractivity contribution in [3.8, 4) is 0 Å². The summed E-state index contributed by atoms with van der Waals surface area (Å²) in [6.45, 7) is 4.03. The normalized spacial score (nSPS) is 14.3. The third kappa shape index (κ3) is 6.38. The highest BCUT2D eigenvalue weighted by Gasteiger charge is 2.22.